The molecule has 1 amide bonds. The van der Waals surface area contributed by atoms with Crippen LogP contribution in [0, 0.1) is 11.3 Å². The average molecular weight is 270 g/mol. The number of aliphatic carboxylic acids is 1. The lowest BCUT2D eigenvalue weighted by molar-refractivity contribution is -0.142. The Kier molecular flexibility index (Phi) is 4.42. The average Bonchev–Trinajstić information content (AvgIpc) is 2.88. The van der Waals surface area contributed by atoms with Crippen molar-refractivity contribution >= 4 is 11.9 Å². The summed E-state index contributed by atoms with van der Waals surface area (Å²) in [6.07, 6.45) is 3.19. The lowest BCUT2D eigenvalue weighted by Crippen LogP contribution is -2.51. The summed E-state index contributed by atoms with van der Waals surface area (Å²) in [6.45, 7) is 1.44. The molecule has 0 aromatic rings. The maximum absolute atomic E-state index is 12.4. The van der Waals surface area contributed by atoms with Gasteiger partial charge in [0.1, 0.15) is 0 Å². The number of nitrogens with two attached hydrogens (primary N) is 1. The number of ether oxygens (including phenoxy) is 1. The first kappa shape index (κ1) is 14.3. The van der Waals surface area contributed by atoms with Gasteiger partial charge < -0.3 is 20.9 Å². The second-order valence-electron chi connectivity index (χ2n) is 5.62. The highest BCUT2D eigenvalue weighted by Gasteiger charge is 2.40. The molecule has 1 heterocycles. The smallest absolute Gasteiger partial charge is 0.306 e. The Morgan fingerprint density at radius 2 is 2.00 bits per heavy atom. The van der Waals surface area contributed by atoms with Crippen molar-refractivity contribution < 1.29 is 19.4 Å². The van der Waals surface area contributed by atoms with Crippen molar-refractivity contribution in [2.45, 2.75) is 38.1 Å². The van der Waals surface area contributed by atoms with E-state index in [9.17, 15) is 9.59 Å². The highest BCUT2D eigenvalue weighted by molar-refractivity contribution is 5.83. The topological polar surface area (TPSA) is 102 Å². The van der Waals surface area contributed by atoms with Gasteiger partial charge in [0, 0.05) is 25.8 Å². The number of carboxylic acids is 1. The van der Waals surface area contributed by atoms with Crippen molar-refractivity contribution in [1.82, 2.24) is 5.32 Å². The number of carbonyl (C=O) groups is 2. The van der Waals surface area contributed by atoms with Crippen molar-refractivity contribution in [1.29, 1.82) is 0 Å². The summed E-state index contributed by atoms with van der Waals surface area (Å²) in [4.78, 5) is 23.3. The summed E-state index contributed by atoms with van der Waals surface area (Å²) >= 11 is 0. The third kappa shape index (κ3) is 3.06. The van der Waals surface area contributed by atoms with Crippen molar-refractivity contribution in [3.63, 3.8) is 0 Å². The minimum atomic E-state index is -0.767. The number of rotatable bonds is 4. The zero-order chi connectivity index (χ0) is 13.9. The zero-order valence-electron chi connectivity index (χ0n) is 11.1. The Labute approximate surface area is 112 Å². The van der Waals surface area contributed by atoms with Crippen LogP contribution in [0.25, 0.3) is 0 Å². The van der Waals surface area contributed by atoms with Gasteiger partial charge in [0.15, 0.2) is 0 Å². The van der Waals surface area contributed by atoms with Crippen LogP contribution in [0.15, 0.2) is 0 Å². The Hall–Kier alpha value is -1.14. The molecule has 0 aromatic heterocycles. The molecule has 0 spiro atoms. The van der Waals surface area contributed by atoms with Crippen LogP contribution < -0.4 is 11.1 Å². The van der Waals surface area contributed by atoms with Crippen molar-refractivity contribution in [2.24, 2.45) is 17.1 Å². The normalized spacial score (nSPS) is 29.9. The Morgan fingerprint density at radius 1 is 1.32 bits per heavy atom. The van der Waals surface area contributed by atoms with Crippen LogP contribution in [0.2, 0.25) is 0 Å². The van der Waals surface area contributed by atoms with Gasteiger partial charge in [0.25, 0.3) is 0 Å². The molecule has 6 nitrogen and oxygen atoms in total. The van der Waals surface area contributed by atoms with E-state index in [4.69, 9.17) is 15.6 Å². The Bertz CT molecular complexity index is 353. The molecule has 1 saturated carbocycles. The van der Waals surface area contributed by atoms with E-state index < -0.39 is 11.4 Å². The van der Waals surface area contributed by atoms with E-state index >= 15 is 0 Å². The summed E-state index contributed by atoms with van der Waals surface area (Å²) in [5.41, 5.74) is 5.25. The third-order valence-electron chi connectivity index (χ3n) is 4.44. The monoisotopic (exact) mass is 270 g/mol. The number of hydrogen-bond acceptors (Lipinski definition) is 4. The molecule has 2 rings (SSSR count). The summed E-state index contributed by atoms with van der Waals surface area (Å²) < 4.78 is 5.28. The molecule has 0 aromatic carbocycles. The number of nitrogens with one attached hydrogen (secondary N) is 1. The van der Waals surface area contributed by atoms with Gasteiger partial charge in [0.05, 0.1) is 11.3 Å². The Balaban J connectivity index is 1.91. The van der Waals surface area contributed by atoms with Crippen LogP contribution in [0.5, 0.6) is 0 Å². The van der Waals surface area contributed by atoms with Crippen LogP contribution >= 0.6 is 0 Å². The molecule has 2 fully saturated rings. The second-order valence-corrected chi connectivity index (χ2v) is 5.62. The molecule has 0 radical (unpaired) electrons. The highest BCUT2D eigenvalue weighted by atomic mass is 16.5. The van der Waals surface area contributed by atoms with Gasteiger partial charge >= 0.3 is 5.97 Å². The van der Waals surface area contributed by atoms with E-state index in [1.54, 1.807) is 0 Å². The fourth-order valence-electron chi connectivity index (χ4n) is 2.96. The van der Waals surface area contributed by atoms with E-state index in [0.717, 1.165) is 6.42 Å². The molecule has 2 atom stereocenters. The summed E-state index contributed by atoms with van der Waals surface area (Å²) in [7, 11) is 0. The number of carboxylic acid groups (broad SMARTS) is 1. The van der Waals surface area contributed by atoms with Gasteiger partial charge in [-0.05, 0) is 32.1 Å². The summed E-state index contributed by atoms with van der Waals surface area (Å²) in [6, 6.07) is -0.0279. The molecule has 1 aliphatic carbocycles. The maximum Gasteiger partial charge on any atom is 0.306 e. The van der Waals surface area contributed by atoms with E-state index in [-0.39, 0.29) is 17.9 Å². The lowest BCUT2D eigenvalue weighted by atomic mass is 9.79. The minimum absolute atomic E-state index is 0.0279. The van der Waals surface area contributed by atoms with Crippen LogP contribution in [0.3, 0.4) is 0 Å². The first-order chi connectivity index (χ1) is 9.07. The second kappa shape index (κ2) is 5.88. The molecule has 108 valence electrons. The van der Waals surface area contributed by atoms with Crippen molar-refractivity contribution in [3.05, 3.63) is 0 Å². The first-order valence-electron chi connectivity index (χ1n) is 6.89. The Morgan fingerprint density at radius 3 is 2.53 bits per heavy atom. The van der Waals surface area contributed by atoms with E-state index in [1.807, 2.05) is 0 Å². The first-order valence-corrected chi connectivity index (χ1v) is 6.89. The number of hydrogen-bond donors (Lipinski definition) is 3. The van der Waals surface area contributed by atoms with Crippen molar-refractivity contribution in [3.8, 4) is 0 Å². The summed E-state index contributed by atoms with van der Waals surface area (Å²) in [5.74, 6) is -1.13. The molecule has 6 heteroatoms. The third-order valence-corrected chi connectivity index (χ3v) is 4.44. The van der Waals surface area contributed by atoms with Crippen LogP contribution in [0.4, 0.5) is 0 Å². The molecule has 2 aliphatic rings. The van der Waals surface area contributed by atoms with Gasteiger partial charge in [-0.2, -0.15) is 0 Å². The molecular formula is C13H22N2O4. The summed E-state index contributed by atoms with van der Waals surface area (Å²) in [5, 5.41) is 11.9. The fourth-order valence-corrected chi connectivity index (χ4v) is 2.96. The number of amides is 1. The molecule has 0 bridgehead atoms. The van der Waals surface area contributed by atoms with Gasteiger partial charge in [-0.3, -0.25) is 9.59 Å². The minimum Gasteiger partial charge on any atom is -0.481 e. The SMILES string of the molecule is NCC1(C(=O)N[C@H]2CC[C@@H](C(=O)O)C2)CCOCC1. The lowest BCUT2D eigenvalue weighted by Gasteiger charge is -2.35. The maximum atomic E-state index is 12.4. The zero-order valence-corrected chi connectivity index (χ0v) is 11.1. The molecule has 4 N–H and O–H groups in total. The molecule has 0 unspecified atom stereocenters. The van der Waals surface area contributed by atoms with Crippen LogP contribution in [-0.4, -0.2) is 42.8 Å². The van der Waals surface area contributed by atoms with Gasteiger partial charge in [-0.15, -0.1) is 0 Å². The van der Waals surface area contributed by atoms with Crippen molar-refractivity contribution in [2.75, 3.05) is 19.8 Å². The van der Waals surface area contributed by atoms with E-state index in [2.05, 4.69) is 5.32 Å². The van der Waals surface area contributed by atoms with Crippen LogP contribution in [0.1, 0.15) is 32.1 Å². The van der Waals surface area contributed by atoms with E-state index in [1.165, 1.54) is 0 Å². The molecule has 1 saturated heterocycles. The molecular weight excluding hydrogens is 248 g/mol. The number of carbonyl (C=O) groups excluding carboxylic acids is 1. The van der Waals surface area contributed by atoms with Gasteiger partial charge in [-0.25, -0.2) is 0 Å². The van der Waals surface area contributed by atoms with Gasteiger partial charge in [0.2, 0.25) is 5.91 Å². The highest BCUT2D eigenvalue weighted by Crippen LogP contribution is 2.31. The molecule has 1 aliphatic heterocycles. The quantitative estimate of drug-likeness (QED) is 0.673. The fraction of sp³-hybridized carbons (Fsp3) is 0.846. The predicted octanol–water partition coefficient (Wildman–Crippen LogP) is 0.111. The predicted molar refractivity (Wildman–Crippen MR) is 68.4 cm³/mol. The standard InChI is InChI=1S/C13H22N2O4/c14-8-13(3-5-19-6-4-13)12(18)15-10-2-1-9(7-10)11(16)17/h9-10H,1-8,14H2,(H,15,18)(H,16,17)/t9-,10+/m1/s1. The van der Waals surface area contributed by atoms with E-state index in [0.29, 0.717) is 45.4 Å². The van der Waals surface area contributed by atoms with Crippen LogP contribution in [-0.2, 0) is 14.3 Å². The van der Waals surface area contributed by atoms with Gasteiger partial charge in [-0.1, -0.05) is 0 Å². The molecule has 19 heavy (non-hydrogen) atoms. The largest absolute Gasteiger partial charge is 0.481 e.